The second-order valence-corrected chi connectivity index (χ2v) is 6.32. The zero-order valence-corrected chi connectivity index (χ0v) is 13.8. The molecule has 1 unspecified atom stereocenters. The smallest absolute Gasteiger partial charge is 0.151 e. The van der Waals surface area contributed by atoms with Crippen molar-refractivity contribution in [2.75, 3.05) is 23.3 Å². The molecule has 1 aliphatic heterocycles. The Morgan fingerprint density at radius 2 is 1.95 bits per heavy atom. The molecule has 1 atom stereocenters. The fourth-order valence-electron chi connectivity index (χ4n) is 3.08. The molecule has 1 fully saturated rings. The standard InChI is InChI=1S/C18H31N3/c1-3-4-5-6-7-11-16(2)20-17-12-10-13-19-18(17)21-14-8-9-15-21/h10,12-13,16,20H,3-9,11,14-15H2,1-2H3. The molecule has 1 aromatic rings. The molecular weight excluding hydrogens is 258 g/mol. The molecule has 1 aliphatic rings. The molecule has 3 heteroatoms. The predicted octanol–water partition coefficient (Wildman–Crippen LogP) is 4.84. The maximum absolute atomic E-state index is 4.60. The van der Waals surface area contributed by atoms with Crippen LogP contribution in [-0.2, 0) is 0 Å². The van der Waals surface area contributed by atoms with E-state index in [1.807, 2.05) is 12.3 Å². The molecule has 2 heterocycles. The van der Waals surface area contributed by atoms with Crippen LogP contribution in [0.3, 0.4) is 0 Å². The summed E-state index contributed by atoms with van der Waals surface area (Å²) in [4.78, 5) is 7.01. The highest BCUT2D eigenvalue weighted by Gasteiger charge is 2.17. The van der Waals surface area contributed by atoms with Gasteiger partial charge >= 0.3 is 0 Å². The van der Waals surface area contributed by atoms with Gasteiger partial charge in [0.05, 0.1) is 5.69 Å². The molecule has 0 aromatic carbocycles. The predicted molar refractivity (Wildman–Crippen MR) is 92.1 cm³/mol. The fraction of sp³-hybridized carbons (Fsp3) is 0.722. The molecule has 0 bridgehead atoms. The van der Waals surface area contributed by atoms with E-state index in [0.717, 1.165) is 18.9 Å². The quantitative estimate of drug-likeness (QED) is 0.659. The van der Waals surface area contributed by atoms with Gasteiger partial charge in [-0.2, -0.15) is 0 Å². The summed E-state index contributed by atoms with van der Waals surface area (Å²) in [5.74, 6) is 1.15. The lowest BCUT2D eigenvalue weighted by atomic mass is 10.1. The molecule has 0 radical (unpaired) electrons. The molecule has 1 aromatic heterocycles. The van der Waals surface area contributed by atoms with E-state index in [1.54, 1.807) is 0 Å². The van der Waals surface area contributed by atoms with Crippen LogP contribution in [0.5, 0.6) is 0 Å². The number of aromatic nitrogens is 1. The Bertz CT molecular complexity index is 399. The monoisotopic (exact) mass is 289 g/mol. The average molecular weight is 289 g/mol. The lowest BCUT2D eigenvalue weighted by Crippen LogP contribution is -2.23. The minimum Gasteiger partial charge on any atom is -0.380 e. The van der Waals surface area contributed by atoms with Crippen LogP contribution in [0, 0.1) is 0 Å². The van der Waals surface area contributed by atoms with Gasteiger partial charge in [0.15, 0.2) is 5.82 Å². The second kappa shape index (κ2) is 8.91. The van der Waals surface area contributed by atoms with Crippen molar-refractivity contribution in [2.24, 2.45) is 0 Å². The molecule has 0 saturated carbocycles. The van der Waals surface area contributed by atoms with Crippen molar-refractivity contribution >= 4 is 11.5 Å². The van der Waals surface area contributed by atoms with Crippen LogP contribution < -0.4 is 10.2 Å². The van der Waals surface area contributed by atoms with Crippen LogP contribution in [0.2, 0.25) is 0 Å². The number of unbranched alkanes of at least 4 members (excludes halogenated alkanes) is 4. The highest BCUT2D eigenvalue weighted by atomic mass is 15.2. The van der Waals surface area contributed by atoms with E-state index in [-0.39, 0.29) is 0 Å². The molecular formula is C18H31N3. The molecule has 118 valence electrons. The maximum atomic E-state index is 4.60. The molecule has 1 N–H and O–H groups in total. The molecule has 0 aliphatic carbocycles. The molecule has 3 nitrogen and oxygen atoms in total. The van der Waals surface area contributed by atoms with Crippen molar-refractivity contribution in [2.45, 2.75) is 71.3 Å². The third-order valence-electron chi connectivity index (χ3n) is 4.33. The van der Waals surface area contributed by atoms with Gasteiger partial charge in [0.25, 0.3) is 0 Å². The van der Waals surface area contributed by atoms with Crippen LogP contribution >= 0.6 is 0 Å². The first kappa shape index (κ1) is 16.1. The molecule has 0 spiro atoms. The first-order chi connectivity index (χ1) is 10.3. The van der Waals surface area contributed by atoms with E-state index in [4.69, 9.17) is 0 Å². The van der Waals surface area contributed by atoms with Gasteiger partial charge in [-0.3, -0.25) is 0 Å². The second-order valence-electron chi connectivity index (χ2n) is 6.32. The average Bonchev–Trinajstić information content (AvgIpc) is 3.02. The van der Waals surface area contributed by atoms with Crippen LogP contribution in [-0.4, -0.2) is 24.1 Å². The van der Waals surface area contributed by atoms with Crippen LogP contribution in [0.1, 0.15) is 65.2 Å². The summed E-state index contributed by atoms with van der Waals surface area (Å²) in [5, 5.41) is 3.67. The van der Waals surface area contributed by atoms with Gasteiger partial charge in [-0.15, -0.1) is 0 Å². The van der Waals surface area contributed by atoms with Crippen molar-refractivity contribution in [3.05, 3.63) is 18.3 Å². The van der Waals surface area contributed by atoms with Gasteiger partial charge in [-0.05, 0) is 38.3 Å². The first-order valence-electron chi connectivity index (χ1n) is 8.77. The summed E-state index contributed by atoms with van der Waals surface area (Å²) in [6.45, 7) is 6.86. The summed E-state index contributed by atoms with van der Waals surface area (Å²) < 4.78 is 0. The van der Waals surface area contributed by atoms with Crippen LogP contribution in [0.15, 0.2) is 18.3 Å². The van der Waals surface area contributed by atoms with E-state index in [1.165, 1.54) is 57.1 Å². The molecule has 0 amide bonds. The summed E-state index contributed by atoms with van der Waals surface area (Å²) in [5.41, 5.74) is 1.21. The zero-order chi connectivity index (χ0) is 14.9. The number of hydrogen-bond donors (Lipinski definition) is 1. The third-order valence-corrected chi connectivity index (χ3v) is 4.33. The maximum Gasteiger partial charge on any atom is 0.151 e. The van der Waals surface area contributed by atoms with E-state index in [2.05, 4.69) is 35.1 Å². The van der Waals surface area contributed by atoms with Crippen LogP contribution in [0.25, 0.3) is 0 Å². The molecule has 1 saturated heterocycles. The van der Waals surface area contributed by atoms with Gasteiger partial charge in [0.2, 0.25) is 0 Å². The lowest BCUT2D eigenvalue weighted by molar-refractivity contribution is 0.578. The lowest BCUT2D eigenvalue weighted by Gasteiger charge is -2.23. The number of nitrogens with one attached hydrogen (secondary N) is 1. The minimum atomic E-state index is 0.525. The Morgan fingerprint density at radius 3 is 2.71 bits per heavy atom. The van der Waals surface area contributed by atoms with Crippen LogP contribution in [0.4, 0.5) is 11.5 Å². The van der Waals surface area contributed by atoms with Crippen molar-refractivity contribution in [3.8, 4) is 0 Å². The largest absolute Gasteiger partial charge is 0.380 e. The van der Waals surface area contributed by atoms with Gasteiger partial charge in [-0.25, -0.2) is 4.98 Å². The molecule has 21 heavy (non-hydrogen) atoms. The van der Waals surface area contributed by atoms with E-state index >= 15 is 0 Å². The van der Waals surface area contributed by atoms with Gasteiger partial charge in [0, 0.05) is 25.3 Å². The summed E-state index contributed by atoms with van der Waals surface area (Å²) in [6.07, 6.45) is 12.5. The molecule has 2 rings (SSSR count). The van der Waals surface area contributed by atoms with Crippen molar-refractivity contribution < 1.29 is 0 Å². The van der Waals surface area contributed by atoms with Crippen molar-refractivity contribution in [1.29, 1.82) is 0 Å². The zero-order valence-electron chi connectivity index (χ0n) is 13.8. The summed E-state index contributed by atoms with van der Waals surface area (Å²) in [6, 6.07) is 4.74. The SMILES string of the molecule is CCCCCCCC(C)Nc1cccnc1N1CCCC1. The number of nitrogens with zero attached hydrogens (tertiary/aromatic N) is 2. The van der Waals surface area contributed by atoms with Gasteiger partial charge in [-0.1, -0.05) is 39.0 Å². The van der Waals surface area contributed by atoms with E-state index < -0.39 is 0 Å². The highest BCUT2D eigenvalue weighted by molar-refractivity contribution is 5.66. The van der Waals surface area contributed by atoms with Gasteiger partial charge in [0.1, 0.15) is 0 Å². The number of hydrogen-bond acceptors (Lipinski definition) is 3. The summed E-state index contributed by atoms with van der Waals surface area (Å²) in [7, 11) is 0. The Kier molecular flexibility index (Phi) is 6.84. The van der Waals surface area contributed by atoms with E-state index in [9.17, 15) is 0 Å². The number of anilines is 2. The fourth-order valence-corrected chi connectivity index (χ4v) is 3.08. The number of pyridine rings is 1. The number of rotatable bonds is 9. The normalized spacial score (nSPS) is 16.2. The topological polar surface area (TPSA) is 28.2 Å². The Balaban J connectivity index is 1.81. The first-order valence-corrected chi connectivity index (χ1v) is 8.77. The van der Waals surface area contributed by atoms with Crippen molar-refractivity contribution in [3.63, 3.8) is 0 Å². The van der Waals surface area contributed by atoms with Crippen molar-refractivity contribution in [1.82, 2.24) is 4.98 Å². The highest BCUT2D eigenvalue weighted by Crippen LogP contribution is 2.27. The Morgan fingerprint density at radius 1 is 1.19 bits per heavy atom. The van der Waals surface area contributed by atoms with E-state index in [0.29, 0.717) is 6.04 Å². The Labute approximate surface area is 130 Å². The minimum absolute atomic E-state index is 0.525. The third kappa shape index (κ3) is 5.22. The Hall–Kier alpha value is -1.25. The summed E-state index contributed by atoms with van der Waals surface area (Å²) >= 11 is 0. The van der Waals surface area contributed by atoms with Gasteiger partial charge < -0.3 is 10.2 Å².